The van der Waals surface area contributed by atoms with E-state index in [0.29, 0.717) is 36.0 Å². The molecule has 0 N–H and O–H groups in total. The van der Waals surface area contributed by atoms with Gasteiger partial charge in [0.2, 0.25) is 0 Å². The summed E-state index contributed by atoms with van der Waals surface area (Å²) in [7, 11) is 8.00. The quantitative estimate of drug-likeness (QED) is 0.532. The maximum absolute atomic E-state index is 12.6. The molecule has 1 fully saturated rings. The van der Waals surface area contributed by atoms with E-state index in [0.717, 1.165) is 32.8 Å². The number of benzene rings is 2. The number of nitrogens with zero attached hydrogens (tertiary/aromatic N) is 6. The number of hydrogen-bond donors (Lipinski definition) is 0. The van der Waals surface area contributed by atoms with E-state index in [9.17, 15) is 9.59 Å². The zero-order valence-electron chi connectivity index (χ0n) is 21.9. The van der Waals surface area contributed by atoms with Gasteiger partial charge in [-0.05, 0) is 71.1 Å². The van der Waals surface area contributed by atoms with Crippen LogP contribution in [0.3, 0.4) is 0 Å². The number of thioether (sulfide) groups is 2. The molecule has 0 saturated carbocycles. The summed E-state index contributed by atoms with van der Waals surface area (Å²) >= 11 is 2.85. The van der Waals surface area contributed by atoms with Crippen LogP contribution >= 0.6 is 23.5 Å². The van der Waals surface area contributed by atoms with Crippen LogP contribution in [0.25, 0.3) is 12.2 Å². The molecule has 0 spiro atoms. The SMILES string of the molecule is CN(C)c1ccc(/C=C2\SC(N3CCN(C4=NC(=O)/C(=C\c5ccc(N(C)C)cc5)S4)CC3)=NC2=O)cc1. The maximum atomic E-state index is 12.6. The van der Waals surface area contributed by atoms with Crippen LogP contribution in [0.5, 0.6) is 0 Å². The molecule has 1 saturated heterocycles. The van der Waals surface area contributed by atoms with Gasteiger partial charge in [0.1, 0.15) is 0 Å². The predicted molar refractivity (Wildman–Crippen MR) is 161 cm³/mol. The highest BCUT2D eigenvalue weighted by Gasteiger charge is 2.32. The third-order valence-electron chi connectivity index (χ3n) is 6.45. The highest BCUT2D eigenvalue weighted by atomic mass is 32.2. The van der Waals surface area contributed by atoms with Crippen molar-refractivity contribution in [1.82, 2.24) is 9.80 Å². The Morgan fingerprint density at radius 1 is 0.632 bits per heavy atom. The van der Waals surface area contributed by atoms with Gasteiger partial charge in [-0.15, -0.1) is 0 Å². The summed E-state index contributed by atoms with van der Waals surface area (Å²) in [5.41, 5.74) is 4.18. The molecule has 8 nitrogen and oxygen atoms in total. The summed E-state index contributed by atoms with van der Waals surface area (Å²) in [6.45, 7) is 2.84. The van der Waals surface area contributed by atoms with Crippen LogP contribution in [-0.2, 0) is 9.59 Å². The molecular formula is C28H30N6O2S2. The van der Waals surface area contributed by atoms with E-state index in [1.54, 1.807) is 0 Å². The van der Waals surface area contributed by atoms with Crippen molar-refractivity contribution in [3.63, 3.8) is 0 Å². The summed E-state index contributed by atoms with van der Waals surface area (Å²) in [6, 6.07) is 16.2. The maximum Gasteiger partial charge on any atom is 0.286 e. The second kappa shape index (κ2) is 11.1. The van der Waals surface area contributed by atoms with Crippen molar-refractivity contribution in [2.45, 2.75) is 0 Å². The molecule has 196 valence electrons. The number of carbonyl (C=O) groups excluding carboxylic acids is 2. The number of hydrogen-bond acceptors (Lipinski definition) is 8. The normalized spacial score (nSPS) is 19.9. The number of aliphatic imine (C=N–C) groups is 2. The molecule has 3 aliphatic heterocycles. The number of anilines is 2. The Morgan fingerprint density at radius 3 is 1.29 bits per heavy atom. The van der Waals surface area contributed by atoms with Crippen LogP contribution in [0.1, 0.15) is 11.1 Å². The van der Waals surface area contributed by atoms with E-state index in [4.69, 9.17) is 0 Å². The van der Waals surface area contributed by atoms with E-state index in [1.165, 1.54) is 23.5 Å². The first kappa shape index (κ1) is 26.1. The molecule has 0 radical (unpaired) electrons. The topological polar surface area (TPSA) is 71.8 Å². The first-order chi connectivity index (χ1) is 18.3. The standard InChI is InChI=1S/C28H30N6O2S2/c1-31(2)21-9-5-19(6-10-21)17-23-25(35)29-27(37-23)33-13-15-34(16-14-33)28-30-26(36)24(38-28)18-20-7-11-22(12-8-20)32(3)4/h5-12,17-18H,13-16H2,1-4H3/b23-17-,24-18+. The van der Waals surface area contributed by atoms with Crippen LogP contribution in [0, 0.1) is 0 Å². The first-order valence-electron chi connectivity index (χ1n) is 12.4. The molecule has 0 atom stereocenters. The fraction of sp³-hybridized carbons (Fsp3) is 0.286. The van der Waals surface area contributed by atoms with Gasteiger partial charge in [-0.25, -0.2) is 0 Å². The molecule has 38 heavy (non-hydrogen) atoms. The zero-order valence-corrected chi connectivity index (χ0v) is 23.6. The van der Waals surface area contributed by atoms with E-state index in [1.807, 2.05) is 98.7 Å². The van der Waals surface area contributed by atoms with Crippen LogP contribution < -0.4 is 9.80 Å². The fourth-order valence-electron chi connectivity index (χ4n) is 4.20. The summed E-state index contributed by atoms with van der Waals surface area (Å²) in [5, 5.41) is 1.48. The summed E-state index contributed by atoms with van der Waals surface area (Å²) in [4.78, 5) is 43.4. The molecule has 3 heterocycles. The smallest absolute Gasteiger partial charge is 0.286 e. The Bertz CT molecular complexity index is 1250. The Labute approximate surface area is 231 Å². The first-order valence-corrected chi connectivity index (χ1v) is 14.0. The molecule has 3 aliphatic rings. The lowest BCUT2D eigenvalue weighted by Crippen LogP contribution is -2.49. The van der Waals surface area contributed by atoms with Gasteiger partial charge in [-0.2, -0.15) is 9.98 Å². The second-order valence-corrected chi connectivity index (χ2v) is 11.6. The lowest BCUT2D eigenvalue weighted by Gasteiger charge is -2.35. The highest BCUT2D eigenvalue weighted by molar-refractivity contribution is 8.18. The lowest BCUT2D eigenvalue weighted by molar-refractivity contribution is -0.114. The van der Waals surface area contributed by atoms with Gasteiger partial charge in [-0.3, -0.25) is 9.59 Å². The number of rotatable bonds is 4. The summed E-state index contributed by atoms with van der Waals surface area (Å²) in [5.74, 6) is -0.391. The van der Waals surface area contributed by atoms with Crippen LogP contribution in [-0.4, -0.2) is 86.3 Å². The number of amidine groups is 2. The average molecular weight is 547 g/mol. The molecule has 10 heteroatoms. The number of piperazine rings is 1. The third kappa shape index (κ3) is 5.81. The molecule has 2 aromatic carbocycles. The van der Waals surface area contributed by atoms with E-state index in [2.05, 4.69) is 19.8 Å². The van der Waals surface area contributed by atoms with Crippen LogP contribution in [0.2, 0.25) is 0 Å². The molecule has 0 aliphatic carbocycles. The Hall–Kier alpha value is -3.50. The van der Waals surface area contributed by atoms with E-state index < -0.39 is 0 Å². The number of carbonyl (C=O) groups is 2. The zero-order chi connectivity index (χ0) is 26.8. The summed E-state index contributed by atoms with van der Waals surface area (Å²) < 4.78 is 0. The monoisotopic (exact) mass is 546 g/mol. The van der Waals surface area contributed by atoms with Crippen molar-refractivity contribution in [2.75, 3.05) is 64.2 Å². The van der Waals surface area contributed by atoms with Crippen LogP contribution in [0.15, 0.2) is 68.3 Å². The van der Waals surface area contributed by atoms with Crippen molar-refractivity contribution in [3.05, 3.63) is 69.5 Å². The van der Waals surface area contributed by atoms with Gasteiger partial charge in [-0.1, -0.05) is 24.3 Å². The van der Waals surface area contributed by atoms with Crippen LogP contribution in [0.4, 0.5) is 11.4 Å². The minimum Gasteiger partial charge on any atom is -0.378 e. The average Bonchev–Trinajstić information content (AvgIpc) is 3.46. The van der Waals surface area contributed by atoms with Crippen molar-refractivity contribution < 1.29 is 9.59 Å². The highest BCUT2D eigenvalue weighted by Crippen LogP contribution is 2.33. The molecule has 2 amide bonds. The Balaban J connectivity index is 1.16. The molecule has 0 aromatic heterocycles. The molecule has 0 unspecified atom stereocenters. The predicted octanol–water partition coefficient (Wildman–Crippen LogP) is 4.08. The largest absolute Gasteiger partial charge is 0.378 e. The third-order valence-corrected chi connectivity index (χ3v) is 8.54. The van der Waals surface area contributed by atoms with E-state index in [-0.39, 0.29) is 11.8 Å². The summed E-state index contributed by atoms with van der Waals surface area (Å²) in [6.07, 6.45) is 3.80. The molecule has 2 aromatic rings. The number of amides is 2. The van der Waals surface area contributed by atoms with Gasteiger partial charge in [0.25, 0.3) is 11.8 Å². The van der Waals surface area contributed by atoms with Gasteiger partial charge < -0.3 is 19.6 Å². The Morgan fingerprint density at radius 2 is 0.974 bits per heavy atom. The van der Waals surface area contributed by atoms with Gasteiger partial charge >= 0.3 is 0 Å². The van der Waals surface area contributed by atoms with Gasteiger partial charge in [0.05, 0.1) is 9.81 Å². The lowest BCUT2D eigenvalue weighted by atomic mass is 10.2. The Kier molecular flexibility index (Phi) is 7.62. The van der Waals surface area contributed by atoms with Gasteiger partial charge in [0, 0.05) is 65.7 Å². The molecule has 0 bridgehead atoms. The fourth-order valence-corrected chi connectivity index (χ4v) is 6.13. The van der Waals surface area contributed by atoms with Crippen molar-refractivity contribution in [2.24, 2.45) is 9.98 Å². The molecule has 5 rings (SSSR count). The van der Waals surface area contributed by atoms with Crippen molar-refractivity contribution in [1.29, 1.82) is 0 Å². The minimum atomic E-state index is -0.196. The molecular weight excluding hydrogens is 516 g/mol. The van der Waals surface area contributed by atoms with Crippen molar-refractivity contribution >= 4 is 69.2 Å². The minimum absolute atomic E-state index is 0.196. The van der Waals surface area contributed by atoms with E-state index >= 15 is 0 Å². The van der Waals surface area contributed by atoms with Gasteiger partial charge in [0.15, 0.2) is 10.3 Å². The van der Waals surface area contributed by atoms with Crippen molar-refractivity contribution in [3.8, 4) is 0 Å². The second-order valence-electron chi connectivity index (χ2n) is 9.57.